The maximum atomic E-state index is 11.9. The Morgan fingerprint density at radius 1 is 0.950 bits per heavy atom. The fourth-order valence-corrected chi connectivity index (χ4v) is 3.77. The summed E-state index contributed by atoms with van der Waals surface area (Å²) in [7, 11) is 0. The Labute approximate surface area is 123 Å². The molecule has 2 aliphatic carbocycles. The summed E-state index contributed by atoms with van der Waals surface area (Å²) in [6.45, 7) is 2.40. The van der Waals surface area contributed by atoms with Crippen LogP contribution in [-0.4, -0.2) is 24.7 Å². The number of esters is 1. The second kappa shape index (κ2) is 8.66. The van der Waals surface area contributed by atoms with Gasteiger partial charge in [0.15, 0.2) is 0 Å². The van der Waals surface area contributed by atoms with Gasteiger partial charge in [-0.1, -0.05) is 38.5 Å². The zero-order valence-electron chi connectivity index (χ0n) is 13.0. The van der Waals surface area contributed by atoms with E-state index in [1.165, 1.54) is 51.4 Å². The second-order valence-corrected chi connectivity index (χ2v) is 6.52. The largest absolute Gasteiger partial charge is 0.466 e. The van der Waals surface area contributed by atoms with Crippen LogP contribution in [-0.2, 0) is 9.53 Å². The lowest BCUT2D eigenvalue weighted by atomic mass is 9.84. The first-order valence-corrected chi connectivity index (χ1v) is 8.72. The van der Waals surface area contributed by atoms with Crippen molar-refractivity contribution in [3.8, 4) is 0 Å². The molecular weight excluding hydrogens is 250 g/mol. The zero-order valence-corrected chi connectivity index (χ0v) is 13.0. The van der Waals surface area contributed by atoms with E-state index in [0.717, 1.165) is 19.3 Å². The van der Waals surface area contributed by atoms with Crippen molar-refractivity contribution in [2.45, 2.75) is 89.6 Å². The molecule has 2 unspecified atom stereocenters. The minimum Gasteiger partial charge on any atom is -0.466 e. The van der Waals surface area contributed by atoms with Crippen molar-refractivity contribution in [3.05, 3.63) is 0 Å². The Bertz CT molecular complexity index is 285. The predicted molar refractivity (Wildman–Crippen MR) is 81.6 cm³/mol. The number of carbonyl (C=O) groups is 1. The van der Waals surface area contributed by atoms with E-state index < -0.39 is 0 Å². The third-order valence-corrected chi connectivity index (χ3v) is 4.87. The molecule has 20 heavy (non-hydrogen) atoms. The monoisotopic (exact) mass is 281 g/mol. The molecule has 0 saturated heterocycles. The van der Waals surface area contributed by atoms with Crippen LogP contribution in [0.5, 0.6) is 0 Å². The van der Waals surface area contributed by atoms with Crippen molar-refractivity contribution in [2.75, 3.05) is 6.61 Å². The lowest BCUT2D eigenvalue weighted by Gasteiger charge is -2.32. The molecule has 2 aliphatic rings. The van der Waals surface area contributed by atoms with Crippen molar-refractivity contribution in [1.29, 1.82) is 0 Å². The molecule has 3 heteroatoms. The first kappa shape index (κ1) is 15.8. The Kier molecular flexibility index (Phi) is 6.85. The molecule has 3 nitrogen and oxygen atoms in total. The third kappa shape index (κ3) is 5.08. The molecule has 0 bridgehead atoms. The summed E-state index contributed by atoms with van der Waals surface area (Å²) in [6.07, 6.45) is 14.0. The van der Waals surface area contributed by atoms with Crippen LogP contribution in [0.1, 0.15) is 77.6 Å². The maximum absolute atomic E-state index is 11.9. The average Bonchev–Trinajstić information content (AvgIpc) is 2.42. The highest BCUT2D eigenvalue weighted by Crippen LogP contribution is 2.27. The summed E-state index contributed by atoms with van der Waals surface area (Å²) in [5.41, 5.74) is 0. The Morgan fingerprint density at radius 2 is 1.60 bits per heavy atom. The number of carbonyl (C=O) groups excluding carboxylic acids is 1. The van der Waals surface area contributed by atoms with Gasteiger partial charge in [-0.3, -0.25) is 4.79 Å². The van der Waals surface area contributed by atoms with Crippen LogP contribution in [0.15, 0.2) is 0 Å². The van der Waals surface area contributed by atoms with E-state index in [0.29, 0.717) is 18.7 Å². The minimum absolute atomic E-state index is 0.0247. The molecule has 0 aromatic heterocycles. The van der Waals surface area contributed by atoms with Crippen molar-refractivity contribution < 1.29 is 9.53 Å². The maximum Gasteiger partial charge on any atom is 0.308 e. The van der Waals surface area contributed by atoms with Gasteiger partial charge in [0.2, 0.25) is 0 Å². The first-order valence-electron chi connectivity index (χ1n) is 8.72. The molecule has 0 heterocycles. The van der Waals surface area contributed by atoms with Crippen LogP contribution in [0.4, 0.5) is 0 Å². The standard InChI is InChI=1S/C17H31NO2/c1-2-20-17(19)14-9-8-12-16(13-14)18-15-10-6-4-3-5-7-11-15/h14-16,18H,2-13H2,1H3. The zero-order chi connectivity index (χ0) is 14.2. The summed E-state index contributed by atoms with van der Waals surface area (Å²) in [4.78, 5) is 11.9. The van der Waals surface area contributed by atoms with Gasteiger partial charge in [-0.05, 0) is 39.0 Å². The van der Waals surface area contributed by atoms with Gasteiger partial charge >= 0.3 is 5.97 Å². The van der Waals surface area contributed by atoms with Gasteiger partial charge in [-0.25, -0.2) is 0 Å². The number of hydrogen-bond acceptors (Lipinski definition) is 3. The van der Waals surface area contributed by atoms with Gasteiger partial charge in [0, 0.05) is 12.1 Å². The van der Waals surface area contributed by atoms with E-state index in [1.807, 2.05) is 6.92 Å². The predicted octanol–water partition coefficient (Wildman–Crippen LogP) is 3.81. The van der Waals surface area contributed by atoms with Crippen LogP contribution in [0.25, 0.3) is 0 Å². The van der Waals surface area contributed by atoms with Crippen LogP contribution in [0.3, 0.4) is 0 Å². The molecule has 2 rings (SSSR count). The van der Waals surface area contributed by atoms with E-state index in [-0.39, 0.29) is 11.9 Å². The number of hydrogen-bond donors (Lipinski definition) is 1. The quantitative estimate of drug-likeness (QED) is 0.796. The average molecular weight is 281 g/mol. The highest BCUT2D eigenvalue weighted by Gasteiger charge is 2.29. The van der Waals surface area contributed by atoms with Gasteiger partial charge in [-0.2, -0.15) is 0 Å². The molecular formula is C17H31NO2. The van der Waals surface area contributed by atoms with E-state index >= 15 is 0 Å². The molecule has 0 aromatic rings. The molecule has 0 aliphatic heterocycles. The fraction of sp³-hybridized carbons (Fsp3) is 0.941. The van der Waals surface area contributed by atoms with Gasteiger partial charge in [-0.15, -0.1) is 0 Å². The summed E-state index contributed by atoms with van der Waals surface area (Å²) < 4.78 is 5.19. The van der Waals surface area contributed by atoms with Crippen molar-refractivity contribution in [1.82, 2.24) is 5.32 Å². The lowest BCUT2D eigenvalue weighted by molar-refractivity contribution is -0.149. The molecule has 1 N–H and O–H groups in total. The highest BCUT2D eigenvalue weighted by molar-refractivity contribution is 5.72. The molecule has 0 aromatic carbocycles. The summed E-state index contributed by atoms with van der Waals surface area (Å²) in [5, 5.41) is 3.84. The topological polar surface area (TPSA) is 38.3 Å². The molecule has 0 amide bonds. The fourth-order valence-electron chi connectivity index (χ4n) is 3.77. The molecule has 0 radical (unpaired) electrons. The van der Waals surface area contributed by atoms with Crippen LogP contribution in [0.2, 0.25) is 0 Å². The van der Waals surface area contributed by atoms with Gasteiger partial charge in [0.05, 0.1) is 12.5 Å². The number of rotatable bonds is 4. The normalized spacial score (nSPS) is 29.4. The van der Waals surface area contributed by atoms with Crippen LogP contribution >= 0.6 is 0 Å². The number of nitrogens with one attached hydrogen (secondary N) is 1. The minimum atomic E-state index is 0.0247. The molecule has 2 saturated carbocycles. The summed E-state index contributed by atoms with van der Waals surface area (Å²) in [5.74, 6) is 0.159. The van der Waals surface area contributed by atoms with Gasteiger partial charge in [0.1, 0.15) is 0 Å². The Hall–Kier alpha value is -0.570. The van der Waals surface area contributed by atoms with Crippen LogP contribution in [0, 0.1) is 5.92 Å². The van der Waals surface area contributed by atoms with Crippen molar-refractivity contribution in [2.24, 2.45) is 5.92 Å². The molecule has 2 atom stereocenters. The molecule has 0 spiro atoms. The van der Waals surface area contributed by atoms with E-state index in [1.54, 1.807) is 0 Å². The van der Waals surface area contributed by atoms with Gasteiger partial charge in [0.25, 0.3) is 0 Å². The van der Waals surface area contributed by atoms with E-state index in [4.69, 9.17) is 4.74 Å². The second-order valence-electron chi connectivity index (χ2n) is 6.52. The van der Waals surface area contributed by atoms with Crippen LogP contribution < -0.4 is 5.32 Å². The van der Waals surface area contributed by atoms with Crippen molar-refractivity contribution in [3.63, 3.8) is 0 Å². The smallest absolute Gasteiger partial charge is 0.308 e. The molecule has 2 fully saturated rings. The summed E-state index contributed by atoms with van der Waals surface area (Å²) in [6, 6.07) is 1.21. The Morgan fingerprint density at radius 3 is 2.30 bits per heavy atom. The van der Waals surface area contributed by atoms with Crippen molar-refractivity contribution >= 4 is 5.97 Å². The SMILES string of the molecule is CCOC(=O)C1CCCC(NC2CCCCCCC2)C1. The molecule has 116 valence electrons. The highest BCUT2D eigenvalue weighted by atomic mass is 16.5. The Balaban J connectivity index is 1.77. The van der Waals surface area contributed by atoms with E-state index in [9.17, 15) is 4.79 Å². The lowest BCUT2D eigenvalue weighted by Crippen LogP contribution is -2.42. The first-order chi connectivity index (χ1) is 9.79. The number of ether oxygens (including phenoxy) is 1. The third-order valence-electron chi connectivity index (χ3n) is 4.87. The summed E-state index contributed by atoms with van der Waals surface area (Å²) >= 11 is 0. The van der Waals surface area contributed by atoms with Gasteiger partial charge < -0.3 is 10.1 Å². The van der Waals surface area contributed by atoms with E-state index in [2.05, 4.69) is 5.32 Å².